The van der Waals surface area contributed by atoms with Crippen LogP contribution >= 0.6 is 0 Å². The van der Waals surface area contributed by atoms with Crippen molar-refractivity contribution in [1.29, 1.82) is 0 Å². The summed E-state index contributed by atoms with van der Waals surface area (Å²) in [5, 5.41) is 9.52. The van der Waals surface area contributed by atoms with Crippen LogP contribution in [-0.4, -0.2) is 24.3 Å². The molecule has 0 spiro atoms. The van der Waals surface area contributed by atoms with E-state index in [2.05, 4.69) is 0 Å². The molecular weight excluding hydrogens is 195 g/mol. The summed E-state index contributed by atoms with van der Waals surface area (Å²) in [6.07, 6.45) is 1.39. The standard InChI is InChI=1S/C11H15FN2O/c12-8-3-4-10(13)11(6-8)14-5-1-2-9(15)7-14/h3-4,6,9,15H,1-2,5,7,13H2/t9-/m1/s1. The highest BCUT2D eigenvalue weighted by Crippen LogP contribution is 2.26. The van der Waals surface area contributed by atoms with E-state index in [4.69, 9.17) is 5.73 Å². The summed E-state index contributed by atoms with van der Waals surface area (Å²) in [6, 6.07) is 4.33. The Morgan fingerprint density at radius 1 is 1.47 bits per heavy atom. The first-order chi connectivity index (χ1) is 7.16. The lowest BCUT2D eigenvalue weighted by atomic mass is 10.1. The first-order valence-electron chi connectivity index (χ1n) is 5.15. The topological polar surface area (TPSA) is 49.5 Å². The normalized spacial score (nSPS) is 21.7. The average molecular weight is 210 g/mol. The third kappa shape index (κ3) is 2.21. The minimum Gasteiger partial charge on any atom is -0.397 e. The van der Waals surface area contributed by atoms with Crippen LogP contribution in [0.3, 0.4) is 0 Å². The van der Waals surface area contributed by atoms with Gasteiger partial charge in [-0.05, 0) is 31.0 Å². The van der Waals surface area contributed by atoms with Crippen LogP contribution in [0.2, 0.25) is 0 Å². The Labute approximate surface area is 88.3 Å². The second kappa shape index (κ2) is 4.06. The van der Waals surface area contributed by atoms with Crippen LogP contribution in [-0.2, 0) is 0 Å². The fraction of sp³-hybridized carbons (Fsp3) is 0.455. The number of hydrogen-bond acceptors (Lipinski definition) is 3. The molecule has 0 saturated carbocycles. The largest absolute Gasteiger partial charge is 0.397 e. The lowest BCUT2D eigenvalue weighted by molar-refractivity contribution is 0.154. The third-order valence-corrected chi connectivity index (χ3v) is 2.73. The van der Waals surface area contributed by atoms with Gasteiger partial charge in [0.1, 0.15) is 5.82 Å². The summed E-state index contributed by atoms with van der Waals surface area (Å²) in [6.45, 7) is 1.36. The van der Waals surface area contributed by atoms with E-state index >= 15 is 0 Å². The average Bonchev–Trinajstić information content (AvgIpc) is 2.22. The van der Waals surface area contributed by atoms with Crippen molar-refractivity contribution in [2.75, 3.05) is 23.7 Å². The van der Waals surface area contributed by atoms with Gasteiger partial charge in [-0.1, -0.05) is 0 Å². The van der Waals surface area contributed by atoms with Crippen molar-refractivity contribution in [2.24, 2.45) is 0 Å². The molecule has 1 atom stereocenters. The molecule has 0 amide bonds. The monoisotopic (exact) mass is 210 g/mol. The maximum Gasteiger partial charge on any atom is 0.125 e. The van der Waals surface area contributed by atoms with Gasteiger partial charge in [0.2, 0.25) is 0 Å². The van der Waals surface area contributed by atoms with Crippen molar-refractivity contribution in [3.63, 3.8) is 0 Å². The van der Waals surface area contributed by atoms with Gasteiger partial charge in [-0.25, -0.2) is 4.39 Å². The second-order valence-electron chi connectivity index (χ2n) is 3.95. The predicted octanol–water partition coefficient (Wildman–Crippen LogP) is 1.37. The van der Waals surface area contributed by atoms with Gasteiger partial charge < -0.3 is 15.7 Å². The molecule has 15 heavy (non-hydrogen) atoms. The van der Waals surface area contributed by atoms with Gasteiger partial charge >= 0.3 is 0 Å². The summed E-state index contributed by atoms with van der Waals surface area (Å²) in [4.78, 5) is 1.94. The quantitative estimate of drug-likeness (QED) is 0.688. The molecule has 1 aromatic carbocycles. The lowest BCUT2D eigenvalue weighted by Gasteiger charge is -2.32. The number of benzene rings is 1. The first kappa shape index (κ1) is 10.2. The van der Waals surface area contributed by atoms with Crippen LogP contribution in [0.1, 0.15) is 12.8 Å². The van der Waals surface area contributed by atoms with Gasteiger partial charge in [-0.3, -0.25) is 0 Å². The highest BCUT2D eigenvalue weighted by Gasteiger charge is 2.19. The van der Waals surface area contributed by atoms with Gasteiger partial charge in [0, 0.05) is 13.1 Å². The number of hydrogen-bond donors (Lipinski definition) is 2. The summed E-state index contributed by atoms with van der Waals surface area (Å²) in [5.41, 5.74) is 7.03. The molecule has 0 aromatic heterocycles. The van der Waals surface area contributed by atoms with E-state index in [0.29, 0.717) is 17.9 Å². The van der Waals surface area contributed by atoms with E-state index in [-0.39, 0.29) is 11.9 Å². The molecule has 82 valence electrons. The van der Waals surface area contributed by atoms with Crippen molar-refractivity contribution in [1.82, 2.24) is 0 Å². The number of aliphatic hydroxyl groups is 1. The predicted molar refractivity (Wildman–Crippen MR) is 58.3 cm³/mol. The summed E-state index contributed by atoms with van der Waals surface area (Å²) >= 11 is 0. The van der Waals surface area contributed by atoms with Crippen LogP contribution < -0.4 is 10.6 Å². The Bertz CT molecular complexity index is 356. The Morgan fingerprint density at radius 2 is 2.27 bits per heavy atom. The molecule has 1 aromatic rings. The number of nitrogens with two attached hydrogens (primary N) is 1. The zero-order valence-electron chi connectivity index (χ0n) is 8.49. The number of nitrogen functional groups attached to an aromatic ring is 1. The maximum atomic E-state index is 13.1. The highest BCUT2D eigenvalue weighted by molar-refractivity contribution is 5.67. The second-order valence-corrected chi connectivity index (χ2v) is 3.95. The zero-order chi connectivity index (χ0) is 10.8. The number of rotatable bonds is 1. The van der Waals surface area contributed by atoms with Gasteiger partial charge in [0.25, 0.3) is 0 Å². The van der Waals surface area contributed by atoms with Crippen molar-refractivity contribution in [3.8, 4) is 0 Å². The highest BCUT2D eigenvalue weighted by atomic mass is 19.1. The Morgan fingerprint density at radius 3 is 3.00 bits per heavy atom. The summed E-state index contributed by atoms with van der Waals surface area (Å²) in [7, 11) is 0. The number of halogens is 1. The molecule has 0 aliphatic carbocycles. The number of anilines is 2. The maximum absolute atomic E-state index is 13.1. The first-order valence-corrected chi connectivity index (χ1v) is 5.15. The summed E-state index contributed by atoms with van der Waals surface area (Å²) in [5.74, 6) is -0.292. The summed E-state index contributed by atoms with van der Waals surface area (Å²) < 4.78 is 13.1. The number of piperidine rings is 1. The molecule has 1 fully saturated rings. The number of nitrogens with zero attached hydrogens (tertiary/aromatic N) is 1. The molecule has 2 rings (SSSR count). The molecule has 4 heteroatoms. The number of aliphatic hydroxyl groups excluding tert-OH is 1. The van der Waals surface area contributed by atoms with E-state index in [9.17, 15) is 9.50 Å². The van der Waals surface area contributed by atoms with Crippen LogP contribution in [0.4, 0.5) is 15.8 Å². The molecule has 1 aliphatic heterocycles. The van der Waals surface area contributed by atoms with Gasteiger partial charge in [0.15, 0.2) is 0 Å². The van der Waals surface area contributed by atoms with Crippen molar-refractivity contribution < 1.29 is 9.50 Å². The number of β-amino-alcohol motifs (C(OH)–C–C–N with tert-alkyl or cyclic N) is 1. The Kier molecular flexibility index (Phi) is 2.77. The molecule has 3 N–H and O–H groups in total. The lowest BCUT2D eigenvalue weighted by Crippen LogP contribution is -2.38. The smallest absolute Gasteiger partial charge is 0.125 e. The van der Waals surface area contributed by atoms with Gasteiger partial charge in [0.05, 0.1) is 17.5 Å². The Hall–Kier alpha value is -1.29. The fourth-order valence-corrected chi connectivity index (χ4v) is 1.96. The van der Waals surface area contributed by atoms with Crippen LogP contribution in [0.5, 0.6) is 0 Å². The van der Waals surface area contributed by atoms with Crippen molar-refractivity contribution >= 4 is 11.4 Å². The van der Waals surface area contributed by atoms with E-state index < -0.39 is 0 Å². The fourth-order valence-electron chi connectivity index (χ4n) is 1.96. The van der Waals surface area contributed by atoms with E-state index in [1.807, 2.05) is 4.90 Å². The SMILES string of the molecule is Nc1ccc(F)cc1N1CCC[C@@H](O)C1. The van der Waals surface area contributed by atoms with Crippen molar-refractivity contribution in [3.05, 3.63) is 24.0 Å². The molecule has 1 saturated heterocycles. The Balaban J connectivity index is 2.24. The minimum atomic E-state index is -0.332. The molecule has 1 aliphatic rings. The molecular formula is C11H15FN2O. The van der Waals surface area contributed by atoms with Gasteiger partial charge in [-0.15, -0.1) is 0 Å². The van der Waals surface area contributed by atoms with Crippen LogP contribution in [0.15, 0.2) is 18.2 Å². The van der Waals surface area contributed by atoms with Crippen LogP contribution in [0.25, 0.3) is 0 Å². The van der Waals surface area contributed by atoms with Crippen molar-refractivity contribution in [2.45, 2.75) is 18.9 Å². The van der Waals surface area contributed by atoms with Crippen LogP contribution in [0, 0.1) is 5.82 Å². The van der Waals surface area contributed by atoms with E-state index in [1.54, 1.807) is 6.07 Å². The molecule has 3 nitrogen and oxygen atoms in total. The molecule has 0 unspecified atom stereocenters. The van der Waals surface area contributed by atoms with Gasteiger partial charge in [-0.2, -0.15) is 0 Å². The van der Waals surface area contributed by atoms with E-state index in [1.165, 1.54) is 12.1 Å². The molecule has 0 radical (unpaired) electrons. The minimum absolute atomic E-state index is 0.292. The zero-order valence-corrected chi connectivity index (χ0v) is 8.49. The molecule has 1 heterocycles. The molecule has 0 bridgehead atoms. The van der Waals surface area contributed by atoms with E-state index in [0.717, 1.165) is 19.4 Å². The third-order valence-electron chi connectivity index (χ3n) is 2.73.